The van der Waals surface area contributed by atoms with Gasteiger partial charge in [-0.1, -0.05) is 46.5 Å². The Hall–Kier alpha value is -0.0800. The molecule has 1 saturated carbocycles. The topological polar surface area (TPSA) is 29.5 Å². The van der Waals surface area contributed by atoms with Gasteiger partial charge in [-0.05, 0) is 31.1 Å². The predicted molar refractivity (Wildman–Crippen MR) is 72.1 cm³/mol. The van der Waals surface area contributed by atoms with Crippen molar-refractivity contribution in [2.45, 2.75) is 77.9 Å². The van der Waals surface area contributed by atoms with Crippen molar-refractivity contribution in [3.05, 3.63) is 0 Å². The van der Waals surface area contributed by atoms with Crippen molar-refractivity contribution in [3.63, 3.8) is 0 Å². The monoisotopic (exact) mass is 242 g/mol. The molecule has 0 heterocycles. The fourth-order valence-electron chi connectivity index (χ4n) is 2.99. The lowest BCUT2D eigenvalue weighted by molar-refractivity contribution is -0.0963. The maximum atomic E-state index is 10.0. The van der Waals surface area contributed by atoms with Crippen LogP contribution in [0.4, 0.5) is 0 Å². The van der Waals surface area contributed by atoms with Crippen LogP contribution in [0.5, 0.6) is 0 Å². The van der Waals surface area contributed by atoms with Gasteiger partial charge >= 0.3 is 0 Å². The molecule has 0 spiro atoms. The third-order valence-corrected chi connectivity index (χ3v) is 3.92. The highest BCUT2D eigenvalue weighted by molar-refractivity contribution is 4.83. The van der Waals surface area contributed by atoms with Gasteiger partial charge < -0.3 is 9.84 Å². The fourth-order valence-corrected chi connectivity index (χ4v) is 2.99. The molecular formula is C15H30O2. The molecule has 1 aliphatic carbocycles. The van der Waals surface area contributed by atoms with Crippen molar-refractivity contribution in [1.82, 2.24) is 0 Å². The molecule has 1 rings (SSSR count). The van der Waals surface area contributed by atoms with E-state index >= 15 is 0 Å². The first-order chi connectivity index (χ1) is 8.15. The molecule has 0 amide bonds. The first-order valence-electron chi connectivity index (χ1n) is 7.44. The van der Waals surface area contributed by atoms with E-state index in [9.17, 15) is 5.11 Å². The van der Waals surface area contributed by atoms with E-state index in [4.69, 9.17) is 4.74 Å². The Morgan fingerprint density at radius 2 is 1.76 bits per heavy atom. The molecule has 1 aliphatic rings. The number of aliphatic hydroxyl groups excluding tert-OH is 1. The molecule has 0 aromatic heterocycles. The van der Waals surface area contributed by atoms with Gasteiger partial charge in [0.25, 0.3) is 0 Å². The summed E-state index contributed by atoms with van der Waals surface area (Å²) in [4.78, 5) is 0. The predicted octanol–water partition coefficient (Wildman–Crippen LogP) is 3.77. The van der Waals surface area contributed by atoms with Crippen molar-refractivity contribution in [3.8, 4) is 0 Å². The number of unbranched alkanes of at least 4 members (excludes halogenated alkanes) is 4. The van der Waals surface area contributed by atoms with Crippen LogP contribution in [0, 0.1) is 11.8 Å². The summed E-state index contributed by atoms with van der Waals surface area (Å²) < 4.78 is 5.89. The van der Waals surface area contributed by atoms with Crippen molar-refractivity contribution in [2.24, 2.45) is 11.8 Å². The van der Waals surface area contributed by atoms with Gasteiger partial charge in [-0.15, -0.1) is 0 Å². The molecule has 0 aromatic carbocycles. The maximum Gasteiger partial charge on any atom is 0.0859 e. The Kier molecular flexibility index (Phi) is 7.14. The second-order valence-corrected chi connectivity index (χ2v) is 5.87. The van der Waals surface area contributed by atoms with Gasteiger partial charge in [0.2, 0.25) is 0 Å². The van der Waals surface area contributed by atoms with E-state index in [-0.39, 0.29) is 12.2 Å². The van der Waals surface area contributed by atoms with Gasteiger partial charge in [0.05, 0.1) is 12.2 Å². The minimum Gasteiger partial charge on any atom is -0.390 e. The highest BCUT2D eigenvalue weighted by Gasteiger charge is 2.33. The van der Waals surface area contributed by atoms with Gasteiger partial charge in [-0.2, -0.15) is 0 Å². The van der Waals surface area contributed by atoms with Gasteiger partial charge in [0, 0.05) is 6.61 Å². The molecule has 1 N–H and O–H groups in total. The summed E-state index contributed by atoms with van der Waals surface area (Å²) in [5.74, 6) is 1.15. The smallest absolute Gasteiger partial charge is 0.0859 e. The Morgan fingerprint density at radius 1 is 1.06 bits per heavy atom. The van der Waals surface area contributed by atoms with Gasteiger partial charge in [-0.25, -0.2) is 0 Å². The van der Waals surface area contributed by atoms with Crippen LogP contribution in [0.3, 0.4) is 0 Å². The molecule has 0 saturated heterocycles. The first-order valence-corrected chi connectivity index (χ1v) is 7.44. The third-order valence-electron chi connectivity index (χ3n) is 3.92. The molecule has 0 bridgehead atoms. The number of rotatable bonds is 7. The average molecular weight is 242 g/mol. The van der Waals surface area contributed by atoms with E-state index in [1.54, 1.807) is 0 Å². The molecule has 4 unspecified atom stereocenters. The SMILES string of the molecule is CCCCCCCOC1C(C)CC(C)CC1O. The zero-order valence-corrected chi connectivity index (χ0v) is 11.8. The second kappa shape index (κ2) is 8.10. The van der Waals surface area contributed by atoms with Crippen LogP contribution in [0.2, 0.25) is 0 Å². The van der Waals surface area contributed by atoms with Crippen molar-refractivity contribution < 1.29 is 9.84 Å². The van der Waals surface area contributed by atoms with E-state index in [1.807, 2.05) is 0 Å². The maximum absolute atomic E-state index is 10.0. The Labute approximate surface area is 107 Å². The normalized spacial score (nSPS) is 33.9. The van der Waals surface area contributed by atoms with Gasteiger partial charge in [-0.3, -0.25) is 0 Å². The minimum atomic E-state index is -0.246. The van der Waals surface area contributed by atoms with Crippen LogP contribution in [0.25, 0.3) is 0 Å². The van der Waals surface area contributed by atoms with Crippen LogP contribution in [0.1, 0.15) is 65.7 Å². The molecule has 0 aromatic rings. The van der Waals surface area contributed by atoms with Crippen molar-refractivity contribution in [1.29, 1.82) is 0 Å². The Morgan fingerprint density at radius 3 is 2.41 bits per heavy atom. The molecule has 2 nitrogen and oxygen atoms in total. The summed E-state index contributed by atoms with van der Waals surface area (Å²) in [5.41, 5.74) is 0. The third kappa shape index (κ3) is 5.39. The Balaban J connectivity index is 2.13. The molecule has 0 radical (unpaired) electrons. The van der Waals surface area contributed by atoms with E-state index in [0.717, 1.165) is 19.4 Å². The van der Waals surface area contributed by atoms with E-state index in [1.165, 1.54) is 32.1 Å². The van der Waals surface area contributed by atoms with Crippen LogP contribution >= 0.6 is 0 Å². The fraction of sp³-hybridized carbons (Fsp3) is 1.00. The molecule has 17 heavy (non-hydrogen) atoms. The van der Waals surface area contributed by atoms with Gasteiger partial charge in [0.1, 0.15) is 0 Å². The first kappa shape index (κ1) is 15.0. The summed E-state index contributed by atoms with van der Waals surface area (Å²) >= 11 is 0. The zero-order chi connectivity index (χ0) is 12.7. The molecule has 1 fully saturated rings. The van der Waals surface area contributed by atoms with Crippen molar-refractivity contribution >= 4 is 0 Å². The van der Waals surface area contributed by atoms with Crippen LogP contribution < -0.4 is 0 Å². The Bertz CT molecular complexity index is 181. The summed E-state index contributed by atoms with van der Waals surface area (Å²) in [6, 6.07) is 0. The standard InChI is InChI=1S/C15H30O2/c1-4-5-6-7-8-9-17-15-13(3)10-12(2)11-14(15)16/h12-16H,4-11H2,1-3H3. The minimum absolute atomic E-state index is 0.0809. The van der Waals surface area contributed by atoms with Crippen molar-refractivity contribution in [2.75, 3.05) is 6.61 Å². The van der Waals surface area contributed by atoms with Crippen LogP contribution in [-0.2, 0) is 4.74 Å². The lowest BCUT2D eigenvalue weighted by Gasteiger charge is -2.36. The van der Waals surface area contributed by atoms with Crippen LogP contribution in [0.15, 0.2) is 0 Å². The molecular weight excluding hydrogens is 212 g/mol. The largest absolute Gasteiger partial charge is 0.390 e. The summed E-state index contributed by atoms with van der Waals surface area (Å²) in [5, 5.41) is 10.0. The van der Waals surface area contributed by atoms with Gasteiger partial charge in [0.15, 0.2) is 0 Å². The molecule has 102 valence electrons. The molecule has 2 heteroatoms. The van der Waals surface area contributed by atoms with E-state index in [2.05, 4.69) is 20.8 Å². The lowest BCUT2D eigenvalue weighted by Crippen LogP contribution is -2.41. The average Bonchev–Trinajstić information content (AvgIpc) is 2.26. The molecule has 0 aliphatic heterocycles. The van der Waals surface area contributed by atoms with Crippen LogP contribution in [-0.4, -0.2) is 23.9 Å². The zero-order valence-electron chi connectivity index (χ0n) is 11.8. The number of hydrogen-bond donors (Lipinski definition) is 1. The lowest BCUT2D eigenvalue weighted by atomic mass is 9.79. The highest BCUT2D eigenvalue weighted by Crippen LogP contribution is 2.31. The summed E-state index contributed by atoms with van der Waals surface area (Å²) in [6.07, 6.45) is 8.29. The summed E-state index contributed by atoms with van der Waals surface area (Å²) in [6.45, 7) is 7.49. The van der Waals surface area contributed by atoms with E-state index in [0.29, 0.717) is 11.8 Å². The number of ether oxygens (including phenoxy) is 1. The number of hydrogen-bond acceptors (Lipinski definition) is 2. The highest BCUT2D eigenvalue weighted by atomic mass is 16.5. The quantitative estimate of drug-likeness (QED) is 0.689. The van der Waals surface area contributed by atoms with E-state index < -0.39 is 0 Å². The second-order valence-electron chi connectivity index (χ2n) is 5.87. The molecule has 4 atom stereocenters. The number of aliphatic hydroxyl groups is 1. The summed E-state index contributed by atoms with van der Waals surface area (Å²) in [7, 11) is 0.